The number of benzene rings is 1. The van der Waals surface area contributed by atoms with Crippen LogP contribution in [0.5, 0.6) is 0 Å². The van der Waals surface area contributed by atoms with Crippen LogP contribution >= 0.6 is 0 Å². The zero-order chi connectivity index (χ0) is 12.9. The monoisotopic (exact) mass is 246 g/mol. The van der Waals surface area contributed by atoms with Gasteiger partial charge in [0, 0.05) is 6.54 Å². The molecule has 94 valence electrons. The fourth-order valence-electron chi connectivity index (χ4n) is 2.90. The maximum Gasteiger partial charge on any atom is 0.337 e. The molecule has 2 unspecified atom stereocenters. The lowest BCUT2D eigenvalue weighted by Gasteiger charge is -2.34. The molecule has 2 heterocycles. The normalized spacial score (nSPS) is 25.4. The number of aromatic carboxylic acids is 1. The molecule has 18 heavy (non-hydrogen) atoms. The zero-order valence-corrected chi connectivity index (χ0v) is 10.0. The van der Waals surface area contributed by atoms with Crippen molar-refractivity contribution in [3.05, 3.63) is 23.8 Å². The molecule has 2 aliphatic rings. The van der Waals surface area contributed by atoms with Gasteiger partial charge in [-0.3, -0.25) is 4.79 Å². The summed E-state index contributed by atoms with van der Waals surface area (Å²) in [5.41, 5.74) is 1.41. The number of nitrogens with zero attached hydrogens (tertiary/aromatic N) is 1. The Hall–Kier alpha value is -2.04. The van der Waals surface area contributed by atoms with Crippen LogP contribution in [0.4, 0.5) is 11.4 Å². The standard InChI is InChI=1S/C13H14N2O3/c1-7-5-6-15-9-4-2-3-8(13(17)18)10(9)14-12(16)11(7)15/h2-4,7,11H,5-6H2,1H3,(H,14,16)(H,17,18). The second kappa shape index (κ2) is 3.73. The lowest BCUT2D eigenvalue weighted by Crippen LogP contribution is -2.46. The van der Waals surface area contributed by atoms with Gasteiger partial charge in [0.25, 0.3) is 0 Å². The van der Waals surface area contributed by atoms with Crippen molar-refractivity contribution in [1.29, 1.82) is 0 Å². The predicted octanol–water partition coefficient (Wildman–Crippen LogP) is 1.55. The summed E-state index contributed by atoms with van der Waals surface area (Å²) in [4.78, 5) is 25.3. The van der Waals surface area contributed by atoms with E-state index in [9.17, 15) is 9.59 Å². The number of carboxylic acid groups (broad SMARTS) is 1. The molecule has 0 radical (unpaired) electrons. The number of hydrogen-bond acceptors (Lipinski definition) is 3. The topological polar surface area (TPSA) is 69.6 Å². The van der Waals surface area contributed by atoms with Crippen LogP contribution in [0.3, 0.4) is 0 Å². The van der Waals surface area contributed by atoms with Gasteiger partial charge in [0.15, 0.2) is 0 Å². The van der Waals surface area contributed by atoms with Crippen molar-refractivity contribution in [2.24, 2.45) is 5.92 Å². The second-order valence-electron chi connectivity index (χ2n) is 4.90. The van der Waals surface area contributed by atoms with Crippen molar-refractivity contribution in [2.75, 3.05) is 16.8 Å². The van der Waals surface area contributed by atoms with Crippen LogP contribution in [-0.2, 0) is 4.79 Å². The third kappa shape index (κ3) is 1.40. The first-order valence-corrected chi connectivity index (χ1v) is 6.03. The molecule has 5 nitrogen and oxygen atoms in total. The Bertz CT molecular complexity index is 541. The maximum absolute atomic E-state index is 12.1. The first kappa shape index (κ1) is 11.1. The highest BCUT2D eigenvalue weighted by Crippen LogP contribution is 2.40. The Labute approximate surface area is 104 Å². The average Bonchev–Trinajstić information content (AvgIpc) is 2.72. The Morgan fingerprint density at radius 1 is 1.50 bits per heavy atom. The van der Waals surface area contributed by atoms with E-state index in [0.29, 0.717) is 11.6 Å². The van der Waals surface area contributed by atoms with Gasteiger partial charge in [-0.2, -0.15) is 0 Å². The molecule has 1 amide bonds. The summed E-state index contributed by atoms with van der Waals surface area (Å²) < 4.78 is 0. The quantitative estimate of drug-likeness (QED) is 0.788. The summed E-state index contributed by atoms with van der Waals surface area (Å²) >= 11 is 0. The van der Waals surface area contributed by atoms with Crippen LogP contribution in [0.1, 0.15) is 23.7 Å². The van der Waals surface area contributed by atoms with E-state index in [2.05, 4.69) is 12.2 Å². The first-order chi connectivity index (χ1) is 8.59. The molecule has 1 fully saturated rings. The Morgan fingerprint density at radius 2 is 2.28 bits per heavy atom. The average molecular weight is 246 g/mol. The summed E-state index contributed by atoms with van der Waals surface area (Å²) in [5, 5.41) is 11.9. The summed E-state index contributed by atoms with van der Waals surface area (Å²) in [7, 11) is 0. The van der Waals surface area contributed by atoms with E-state index < -0.39 is 5.97 Å². The minimum absolute atomic E-state index is 0.0961. The van der Waals surface area contributed by atoms with Gasteiger partial charge in [-0.1, -0.05) is 13.0 Å². The first-order valence-electron chi connectivity index (χ1n) is 6.03. The Balaban J connectivity index is 2.14. The summed E-state index contributed by atoms with van der Waals surface area (Å²) in [6.45, 7) is 2.85. The molecule has 0 spiro atoms. The molecule has 1 aromatic carbocycles. The third-order valence-electron chi connectivity index (χ3n) is 3.80. The van der Waals surface area contributed by atoms with Gasteiger partial charge in [0.05, 0.1) is 16.9 Å². The van der Waals surface area contributed by atoms with Crippen LogP contribution in [0.2, 0.25) is 0 Å². The van der Waals surface area contributed by atoms with E-state index in [1.54, 1.807) is 6.07 Å². The fraction of sp³-hybridized carbons (Fsp3) is 0.385. The number of nitrogens with one attached hydrogen (secondary N) is 1. The molecule has 2 N–H and O–H groups in total. The second-order valence-corrected chi connectivity index (χ2v) is 4.90. The molecule has 5 heteroatoms. The van der Waals surface area contributed by atoms with Gasteiger partial charge >= 0.3 is 5.97 Å². The lowest BCUT2D eigenvalue weighted by molar-refractivity contribution is -0.118. The minimum Gasteiger partial charge on any atom is -0.478 e. The van der Waals surface area contributed by atoms with E-state index in [4.69, 9.17) is 5.11 Å². The maximum atomic E-state index is 12.1. The summed E-state index contributed by atoms with van der Waals surface area (Å²) in [5.74, 6) is -0.814. The smallest absolute Gasteiger partial charge is 0.337 e. The molecule has 3 rings (SSSR count). The number of hydrogen-bond donors (Lipinski definition) is 2. The van der Waals surface area contributed by atoms with Crippen LogP contribution < -0.4 is 10.2 Å². The van der Waals surface area contributed by atoms with Gasteiger partial charge in [-0.15, -0.1) is 0 Å². The van der Waals surface area contributed by atoms with Crippen molar-refractivity contribution >= 4 is 23.3 Å². The van der Waals surface area contributed by atoms with Crippen molar-refractivity contribution < 1.29 is 14.7 Å². The van der Waals surface area contributed by atoms with E-state index >= 15 is 0 Å². The summed E-state index contributed by atoms with van der Waals surface area (Å²) in [6, 6.07) is 4.94. The number of para-hydroxylation sites is 1. The molecule has 1 saturated heterocycles. The van der Waals surface area contributed by atoms with E-state index in [1.165, 1.54) is 6.07 Å². The van der Waals surface area contributed by atoms with Crippen LogP contribution in [0.15, 0.2) is 18.2 Å². The lowest BCUT2D eigenvalue weighted by atomic mass is 9.99. The fourth-order valence-corrected chi connectivity index (χ4v) is 2.90. The molecule has 0 bridgehead atoms. The van der Waals surface area contributed by atoms with Gasteiger partial charge in [-0.05, 0) is 24.5 Å². The molecule has 0 aliphatic carbocycles. The van der Waals surface area contributed by atoms with Gasteiger partial charge < -0.3 is 15.3 Å². The number of amides is 1. The minimum atomic E-state index is -1.02. The molecule has 2 aliphatic heterocycles. The van der Waals surface area contributed by atoms with Gasteiger partial charge in [0.1, 0.15) is 6.04 Å². The highest BCUT2D eigenvalue weighted by molar-refractivity contribution is 6.10. The van der Waals surface area contributed by atoms with Crippen LogP contribution in [0, 0.1) is 5.92 Å². The number of fused-ring (bicyclic) bond motifs is 3. The van der Waals surface area contributed by atoms with E-state index in [0.717, 1.165) is 18.7 Å². The molecule has 0 saturated carbocycles. The van der Waals surface area contributed by atoms with E-state index in [1.807, 2.05) is 11.0 Å². The summed E-state index contributed by atoms with van der Waals surface area (Å²) in [6.07, 6.45) is 0.953. The molecule has 1 aromatic rings. The van der Waals surface area contributed by atoms with Crippen molar-refractivity contribution in [3.63, 3.8) is 0 Å². The van der Waals surface area contributed by atoms with E-state index in [-0.39, 0.29) is 17.5 Å². The van der Waals surface area contributed by atoms with Crippen LogP contribution in [0.25, 0.3) is 0 Å². The Kier molecular flexibility index (Phi) is 2.29. The zero-order valence-electron chi connectivity index (χ0n) is 10.0. The third-order valence-corrected chi connectivity index (χ3v) is 3.80. The number of rotatable bonds is 1. The number of carbonyl (C=O) groups excluding carboxylic acids is 1. The molecule has 2 atom stereocenters. The Morgan fingerprint density at radius 3 is 3.00 bits per heavy atom. The van der Waals surface area contributed by atoms with Gasteiger partial charge in [0.2, 0.25) is 5.91 Å². The van der Waals surface area contributed by atoms with Crippen molar-refractivity contribution in [3.8, 4) is 0 Å². The molecular formula is C13H14N2O3. The number of carbonyl (C=O) groups is 2. The highest BCUT2D eigenvalue weighted by Gasteiger charge is 2.41. The number of carboxylic acids is 1. The highest BCUT2D eigenvalue weighted by atomic mass is 16.4. The number of anilines is 2. The van der Waals surface area contributed by atoms with Crippen LogP contribution in [-0.4, -0.2) is 29.6 Å². The SMILES string of the molecule is CC1CCN2c3cccc(C(=O)O)c3NC(=O)C12. The predicted molar refractivity (Wildman–Crippen MR) is 66.9 cm³/mol. The molecule has 0 aromatic heterocycles. The largest absolute Gasteiger partial charge is 0.478 e. The van der Waals surface area contributed by atoms with Gasteiger partial charge in [-0.25, -0.2) is 4.79 Å². The molecular weight excluding hydrogens is 232 g/mol. The van der Waals surface area contributed by atoms with Crippen molar-refractivity contribution in [1.82, 2.24) is 0 Å². The van der Waals surface area contributed by atoms with Crippen molar-refractivity contribution in [2.45, 2.75) is 19.4 Å².